The number of benzene rings is 11. The van der Waals surface area contributed by atoms with E-state index in [1.165, 1.54) is 122 Å². The van der Waals surface area contributed by atoms with Crippen LogP contribution in [0.2, 0.25) is 0 Å². The molecule has 0 unspecified atom stereocenters. The van der Waals surface area contributed by atoms with Gasteiger partial charge in [-0.2, -0.15) is 0 Å². The molecule has 0 aromatic heterocycles. The lowest BCUT2D eigenvalue weighted by atomic mass is 9.68. The number of rotatable bonds is 6. The first-order valence-corrected chi connectivity index (χ1v) is 27.6. The molecule has 0 saturated heterocycles. The highest BCUT2D eigenvalue weighted by molar-refractivity contribution is 6.04. The van der Waals surface area contributed by atoms with E-state index in [9.17, 15) is 0 Å². The lowest BCUT2D eigenvalue weighted by Gasteiger charge is -2.33. The molecule has 0 saturated carbocycles. The second kappa shape index (κ2) is 17.0. The van der Waals surface area contributed by atoms with Crippen molar-refractivity contribution in [1.29, 1.82) is 0 Å². The second-order valence-corrected chi connectivity index (χ2v) is 24.4. The van der Waals surface area contributed by atoms with Gasteiger partial charge in [-0.3, -0.25) is 0 Å². The van der Waals surface area contributed by atoms with E-state index in [4.69, 9.17) is 0 Å². The molecule has 11 aromatic carbocycles. The van der Waals surface area contributed by atoms with Gasteiger partial charge >= 0.3 is 0 Å². The van der Waals surface area contributed by atoms with Crippen molar-refractivity contribution in [2.45, 2.75) is 77.0 Å². The van der Waals surface area contributed by atoms with Gasteiger partial charge in [0.15, 0.2) is 0 Å². The average molecular weight is 990 g/mol. The van der Waals surface area contributed by atoms with Gasteiger partial charge in [-0.15, -0.1) is 0 Å². The Labute approximate surface area is 455 Å². The van der Waals surface area contributed by atoms with Crippen LogP contribution in [0, 0.1) is 0 Å². The Hall–Kier alpha value is -8.52. The summed E-state index contributed by atoms with van der Waals surface area (Å²) in [6, 6.07) is 90.0. The molecule has 1 nitrogen and oxygen atoms in total. The van der Waals surface area contributed by atoms with Gasteiger partial charge < -0.3 is 4.90 Å². The normalized spacial score (nSPS) is 14.2. The quantitative estimate of drug-likeness (QED) is 0.160. The van der Waals surface area contributed by atoms with E-state index in [1.807, 2.05) is 0 Å². The first kappa shape index (κ1) is 47.0. The largest absolute Gasteiger partial charge is 0.309 e. The third-order valence-corrected chi connectivity index (χ3v) is 17.6. The number of anilines is 3. The van der Waals surface area contributed by atoms with Crippen LogP contribution >= 0.6 is 0 Å². The van der Waals surface area contributed by atoms with Crippen LogP contribution in [0.3, 0.4) is 0 Å². The summed E-state index contributed by atoms with van der Waals surface area (Å²) in [4.78, 5) is 2.51. The SMILES string of the molecule is CC(C)(C)c1ccc2c(c1)C1(c3ccccc3-c3cc(-c4ccc(N(c5ccccc5-c5cccc6c5-c5ccccc5C6(C)C)c5ccccc5-c5cccc6ccccc56)cc4)ccc31)c1cc(C(C)(C)C)ccc1-2. The summed E-state index contributed by atoms with van der Waals surface area (Å²) in [7, 11) is 0. The van der Waals surface area contributed by atoms with Gasteiger partial charge in [-0.1, -0.05) is 262 Å². The molecule has 0 fully saturated rings. The average Bonchev–Trinajstić information content (AvgIpc) is 3.98. The summed E-state index contributed by atoms with van der Waals surface area (Å²) in [5, 5.41) is 2.46. The fourth-order valence-electron chi connectivity index (χ4n) is 13.7. The highest BCUT2D eigenvalue weighted by Crippen LogP contribution is 2.64. The van der Waals surface area contributed by atoms with Gasteiger partial charge in [0, 0.05) is 22.2 Å². The van der Waals surface area contributed by atoms with Crippen molar-refractivity contribution in [2.75, 3.05) is 4.90 Å². The Kier molecular flexibility index (Phi) is 10.4. The molecule has 0 atom stereocenters. The molecule has 11 aromatic rings. The molecule has 0 bridgehead atoms. The second-order valence-electron chi connectivity index (χ2n) is 24.4. The predicted octanol–water partition coefficient (Wildman–Crippen LogP) is 20.6. The molecule has 0 radical (unpaired) electrons. The zero-order chi connectivity index (χ0) is 52.6. The van der Waals surface area contributed by atoms with E-state index in [1.54, 1.807) is 0 Å². The minimum atomic E-state index is -0.441. The van der Waals surface area contributed by atoms with Crippen molar-refractivity contribution >= 4 is 27.8 Å². The molecule has 1 heteroatoms. The van der Waals surface area contributed by atoms with Crippen LogP contribution in [0.25, 0.3) is 77.5 Å². The lowest BCUT2D eigenvalue weighted by Crippen LogP contribution is -2.27. The topological polar surface area (TPSA) is 3.24 Å². The van der Waals surface area contributed by atoms with Gasteiger partial charge in [0.1, 0.15) is 0 Å². The molecule has 1 spiro atoms. The zero-order valence-corrected chi connectivity index (χ0v) is 45.5. The summed E-state index contributed by atoms with van der Waals surface area (Å²) in [5.41, 5.74) is 28.9. The third-order valence-electron chi connectivity index (χ3n) is 17.6. The summed E-state index contributed by atoms with van der Waals surface area (Å²) in [6.45, 7) is 18.8. The van der Waals surface area contributed by atoms with E-state index in [0.717, 1.165) is 17.1 Å². The fourth-order valence-corrected chi connectivity index (χ4v) is 13.7. The molecule has 0 N–H and O–H groups in total. The molecule has 0 amide bonds. The Morgan fingerprint density at radius 2 is 0.779 bits per heavy atom. The molecule has 3 aliphatic rings. The Bertz CT molecular complexity index is 4140. The first-order valence-electron chi connectivity index (χ1n) is 27.6. The molecule has 77 heavy (non-hydrogen) atoms. The molecule has 0 aliphatic heterocycles. The van der Waals surface area contributed by atoms with Crippen LogP contribution in [0.15, 0.2) is 237 Å². The van der Waals surface area contributed by atoms with Crippen molar-refractivity contribution in [1.82, 2.24) is 0 Å². The van der Waals surface area contributed by atoms with E-state index in [-0.39, 0.29) is 16.2 Å². The minimum absolute atomic E-state index is 0.000802. The van der Waals surface area contributed by atoms with E-state index in [0.29, 0.717) is 0 Å². The Morgan fingerprint density at radius 3 is 1.44 bits per heavy atom. The van der Waals surface area contributed by atoms with Crippen LogP contribution < -0.4 is 4.90 Å². The summed E-state index contributed by atoms with van der Waals surface area (Å²) < 4.78 is 0. The van der Waals surface area contributed by atoms with Crippen molar-refractivity contribution in [3.8, 4) is 66.8 Å². The minimum Gasteiger partial charge on any atom is -0.309 e. The molecule has 372 valence electrons. The molecular formula is C76H63N. The smallest absolute Gasteiger partial charge is 0.0725 e. The van der Waals surface area contributed by atoms with Crippen molar-refractivity contribution in [2.24, 2.45) is 0 Å². The van der Waals surface area contributed by atoms with Crippen LogP contribution in [-0.2, 0) is 21.7 Å². The van der Waals surface area contributed by atoms with Gasteiger partial charge in [0.2, 0.25) is 0 Å². The van der Waals surface area contributed by atoms with Gasteiger partial charge in [-0.25, -0.2) is 0 Å². The molecule has 14 rings (SSSR count). The highest BCUT2D eigenvalue weighted by atomic mass is 15.1. The number of nitrogens with zero attached hydrogens (tertiary/aromatic N) is 1. The van der Waals surface area contributed by atoms with E-state index >= 15 is 0 Å². The van der Waals surface area contributed by atoms with Crippen molar-refractivity contribution in [3.05, 3.63) is 281 Å². The van der Waals surface area contributed by atoms with Crippen LogP contribution in [0.4, 0.5) is 17.1 Å². The number of fused-ring (bicyclic) bond motifs is 14. The van der Waals surface area contributed by atoms with Crippen molar-refractivity contribution < 1.29 is 0 Å². The fraction of sp³-hybridized carbons (Fsp3) is 0.158. The maximum absolute atomic E-state index is 2.54. The number of para-hydroxylation sites is 2. The van der Waals surface area contributed by atoms with Gasteiger partial charge in [0.25, 0.3) is 0 Å². The standard InChI is InChI=1S/C76H63N/c1-73(2,3)51-38-42-57-58-43-39-52(74(4,5)6)47-69(58)76(68(57)46-51)65-31-16-11-24-56(65)63-45-50(37-44-66(63)76)48-35-40-53(41-36-48)77(70-33-17-13-25-59(70)55-28-19-22-49-21-9-10-23-54(49)55)71-34-18-14-26-60(71)61-29-20-32-67-72(61)62-27-12-15-30-64(62)75(67,7)8/h9-47H,1-8H3. The number of hydrogen-bond acceptors (Lipinski definition) is 1. The summed E-state index contributed by atoms with van der Waals surface area (Å²) in [5.74, 6) is 0. The first-order chi connectivity index (χ1) is 37.2. The Morgan fingerprint density at radius 1 is 0.312 bits per heavy atom. The summed E-state index contributed by atoms with van der Waals surface area (Å²) in [6.07, 6.45) is 0. The van der Waals surface area contributed by atoms with Crippen molar-refractivity contribution in [3.63, 3.8) is 0 Å². The number of hydrogen-bond donors (Lipinski definition) is 0. The van der Waals surface area contributed by atoms with Crippen LogP contribution in [0.1, 0.15) is 99.9 Å². The maximum atomic E-state index is 2.54. The predicted molar refractivity (Wildman–Crippen MR) is 326 cm³/mol. The van der Waals surface area contributed by atoms with Gasteiger partial charge in [0.05, 0.1) is 16.8 Å². The summed E-state index contributed by atoms with van der Waals surface area (Å²) >= 11 is 0. The molecular weight excluding hydrogens is 927 g/mol. The van der Waals surface area contributed by atoms with E-state index < -0.39 is 5.41 Å². The van der Waals surface area contributed by atoms with Crippen LogP contribution in [0.5, 0.6) is 0 Å². The van der Waals surface area contributed by atoms with E-state index in [2.05, 4.69) is 297 Å². The zero-order valence-electron chi connectivity index (χ0n) is 45.5. The van der Waals surface area contributed by atoms with Gasteiger partial charge in [-0.05, 0) is 152 Å². The lowest BCUT2D eigenvalue weighted by molar-refractivity contribution is 0.586. The Balaban J connectivity index is 0.947. The third kappa shape index (κ3) is 6.99. The monoisotopic (exact) mass is 989 g/mol. The maximum Gasteiger partial charge on any atom is 0.0725 e. The molecule has 3 aliphatic carbocycles. The highest BCUT2D eigenvalue weighted by Gasteiger charge is 2.52. The molecule has 0 heterocycles. The van der Waals surface area contributed by atoms with Crippen LogP contribution in [-0.4, -0.2) is 0 Å².